The number of carbonyl (C=O) groups is 2. The lowest BCUT2D eigenvalue weighted by Crippen LogP contribution is -2.42. The van der Waals surface area contributed by atoms with Crippen molar-refractivity contribution in [2.45, 2.75) is 18.9 Å². The number of H-pyrrole nitrogens is 1. The van der Waals surface area contributed by atoms with Gasteiger partial charge in [-0.15, -0.1) is 0 Å². The fourth-order valence-corrected chi connectivity index (χ4v) is 1.31. The van der Waals surface area contributed by atoms with Crippen LogP contribution >= 0.6 is 0 Å². The van der Waals surface area contributed by atoms with Crippen molar-refractivity contribution in [2.24, 2.45) is 5.73 Å². The highest BCUT2D eigenvalue weighted by molar-refractivity contribution is 5.83. The van der Waals surface area contributed by atoms with Gasteiger partial charge in [-0.2, -0.15) is 0 Å². The first-order valence-electron chi connectivity index (χ1n) is 4.98. The molecule has 6 nitrogen and oxygen atoms in total. The van der Waals surface area contributed by atoms with Gasteiger partial charge in [0, 0.05) is 31.3 Å². The molecule has 0 saturated heterocycles. The van der Waals surface area contributed by atoms with Crippen LogP contribution in [-0.4, -0.2) is 34.6 Å². The van der Waals surface area contributed by atoms with Crippen LogP contribution in [0.3, 0.4) is 0 Å². The molecule has 0 aromatic carbocycles. The highest BCUT2D eigenvalue weighted by atomic mass is 16.4. The molecule has 0 radical (unpaired) electrons. The highest BCUT2D eigenvalue weighted by Crippen LogP contribution is 2.00. The molecule has 0 aliphatic carbocycles. The molecule has 16 heavy (non-hydrogen) atoms. The van der Waals surface area contributed by atoms with Crippen molar-refractivity contribution in [2.75, 3.05) is 6.54 Å². The standard InChI is InChI=1S/C10H15N3O3/c11-4-3-9(14)13-8(10(15)16)6-7-2-1-5-12-7/h1-2,5,8,12H,3-4,6,11H2,(H,13,14)(H,15,16)/t8-/m0/s1. The van der Waals surface area contributed by atoms with Gasteiger partial charge < -0.3 is 21.1 Å². The lowest BCUT2D eigenvalue weighted by atomic mass is 10.1. The zero-order chi connectivity index (χ0) is 12.0. The lowest BCUT2D eigenvalue weighted by molar-refractivity contribution is -0.141. The number of amides is 1. The Morgan fingerprint density at radius 3 is 2.81 bits per heavy atom. The van der Waals surface area contributed by atoms with Gasteiger partial charge in [0.25, 0.3) is 0 Å². The number of carboxylic acids is 1. The number of aromatic amines is 1. The van der Waals surface area contributed by atoms with Gasteiger partial charge in [-0.05, 0) is 12.1 Å². The molecule has 5 N–H and O–H groups in total. The maximum Gasteiger partial charge on any atom is 0.326 e. The summed E-state index contributed by atoms with van der Waals surface area (Å²) in [6.07, 6.45) is 2.07. The Balaban J connectivity index is 2.54. The Labute approximate surface area is 92.8 Å². The number of hydrogen-bond donors (Lipinski definition) is 4. The molecule has 0 saturated carbocycles. The average Bonchev–Trinajstić information content (AvgIpc) is 2.69. The van der Waals surface area contributed by atoms with Gasteiger partial charge in [0.15, 0.2) is 0 Å². The molecule has 0 unspecified atom stereocenters. The summed E-state index contributed by atoms with van der Waals surface area (Å²) in [5.74, 6) is -1.40. The summed E-state index contributed by atoms with van der Waals surface area (Å²) in [4.78, 5) is 25.0. The van der Waals surface area contributed by atoms with E-state index in [1.165, 1.54) is 0 Å². The summed E-state index contributed by atoms with van der Waals surface area (Å²) in [7, 11) is 0. The zero-order valence-electron chi connectivity index (χ0n) is 8.77. The van der Waals surface area contributed by atoms with E-state index >= 15 is 0 Å². The minimum absolute atomic E-state index is 0.133. The third kappa shape index (κ3) is 3.74. The Hall–Kier alpha value is -1.82. The quantitative estimate of drug-likeness (QED) is 0.522. The van der Waals surface area contributed by atoms with E-state index in [1.807, 2.05) is 0 Å². The van der Waals surface area contributed by atoms with Crippen molar-refractivity contribution in [1.29, 1.82) is 0 Å². The first-order valence-corrected chi connectivity index (χ1v) is 4.98. The first kappa shape index (κ1) is 12.3. The number of carboxylic acid groups (broad SMARTS) is 1. The summed E-state index contributed by atoms with van der Waals surface area (Å²) in [5, 5.41) is 11.3. The molecule has 88 valence electrons. The molecule has 0 fully saturated rings. The van der Waals surface area contributed by atoms with E-state index in [0.29, 0.717) is 0 Å². The zero-order valence-corrected chi connectivity index (χ0v) is 8.77. The van der Waals surface area contributed by atoms with Crippen molar-refractivity contribution in [3.8, 4) is 0 Å². The van der Waals surface area contributed by atoms with E-state index in [-0.39, 0.29) is 25.3 Å². The van der Waals surface area contributed by atoms with E-state index in [1.54, 1.807) is 18.3 Å². The van der Waals surface area contributed by atoms with Crippen molar-refractivity contribution in [1.82, 2.24) is 10.3 Å². The van der Waals surface area contributed by atoms with Crippen LogP contribution in [0.1, 0.15) is 12.1 Å². The minimum Gasteiger partial charge on any atom is -0.480 e. The molecular weight excluding hydrogens is 210 g/mol. The van der Waals surface area contributed by atoms with E-state index < -0.39 is 12.0 Å². The Morgan fingerprint density at radius 1 is 1.56 bits per heavy atom. The topological polar surface area (TPSA) is 108 Å². The second-order valence-electron chi connectivity index (χ2n) is 3.40. The van der Waals surface area contributed by atoms with Crippen LogP contribution in [0.2, 0.25) is 0 Å². The smallest absolute Gasteiger partial charge is 0.326 e. The van der Waals surface area contributed by atoms with Crippen molar-refractivity contribution in [3.63, 3.8) is 0 Å². The predicted molar refractivity (Wildman–Crippen MR) is 57.7 cm³/mol. The van der Waals surface area contributed by atoms with Crippen molar-refractivity contribution >= 4 is 11.9 Å². The molecule has 0 bridgehead atoms. The number of rotatable bonds is 6. The normalized spacial score (nSPS) is 12.1. The lowest BCUT2D eigenvalue weighted by Gasteiger charge is -2.13. The summed E-state index contributed by atoms with van der Waals surface area (Å²) in [5.41, 5.74) is 5.97. The van der Waals surface area contributed by atoms with Crippen LogP contribution in [0, 0.1) is 0 Å². The number of carbonyl (C=O) groups excluding carboxylic acids is 1. The van der Waals surface area contributed by atoms with E-state index in [9.17, 15) is 9.59 Å². The molecule has 1 amide bonds. The molecule has 1 aromatic rings. The number of nitrogens with one attached hydrogen (secondary N) is 2. The Kier molecular flexibility index (Phi) is 4.53. The van der Waals surface area contributed by atoms with Crippen LogP contribution in [0.4, 0.5) is 0 Å². The molecule has 1 atom stereocenters. The minimum atomic E-state index is -1.06. The van der Waals surface area contributed by atoms with E-state index in [4.69, 9.17) is 10.8 Å². The average molecular weight is 225 g/mol. The van der Waals surface area contributed by atoms with Crippen molar-refractivity contribution < 1.29 is 14.7 Å². The number of hydrogen-bond acceptors (Lipinski definition) is 3. The maximum atomic E-state index is 11.2. The third-order valence-electron chi connectivity index (χ3n) is 2.09. The molecule has 1 heterocycles. The van der Waals surface area contributed by atoms with Crippen LogP contribution < -0.4 is 11.1 Å². The van der Waals surface area contributed by atoms with E-state index in [2.05, 4.69) is 10.3 Å². The Morgan fingerprint density at radius 2 is 2.31 bits per heavy atom. The van der Waals surface area contributed by atoms with Crippen LogP contribution in [0.25, 0.3) is 0 Å². The summed E-state index contributed by atoms with van der Waals surface area (Å²) < 4.78 is 0. The fourth-order valence-electron chi connectivity index (χ4n) is 1.31. The number of nitrogens with two attached hydrogens (primary N) is 1. The van der Waals surface area contributed by atoms with Crippen LogP contribution in [-0.2, 0) is 16.0 Å². The number of aliphatic carboxylic acids is 1. The van der Waals surface area contributed by atoms with Gasteiger partial charge in [-0.1, -0.05) is 0 Å². The monoisotopic (exact) mass is 225 g/mol. The van der Waals surface area contributed by atoms with Gasteiger partial charge in [-0.25, -0.2) is 4.79 Å². The summed E-state index contributed by atoms with van der Waals surface area (Å²) in [6, 6.07) is 2.62. The molecule has 0 aliphatic heterocycles. The third-order valence-corrected chi connectivity index (χ3v) is 2.09. The molecule has 0 spiro atoms. The van der Waals surface area contributed by atoms with Gasteiger partial charge in [0.2, 0.25) is 5.91 Å². The number of aromatic nitrogens is 1. The second kappa shape index (κ2) is 5.92. The molecular formula is C10H15N3O3. The van der Waals surface area contributed by atoms with Crippen molar-refractivity contribution in [3.05, 3.63) is 24.0 Å². The Bertz CT molecular complexity index is 348. The van der Waals surface area contributed by atoms with Gasteiger partial charge in [0.1, 0.15) is 6.04 Å². The maximum absolute atomic E-state index is 11.2. The predicted octanol–water partition coefficient (Wildman–Crippen LogP) is -0.525. The van der Waals surface area contributed by atoms with Crippen LogP contribution in [0.15, 0.2) is 18.3 Å². The van der Waals surface area contributed by atoms with Gasteiger partial charge in [0.05, 0.1) is 0 Å². The summed E-state index contributed by atoms with van der Waals surface area (Å²) >= 11 is 0. The van der Waals surface area contributed by atoms with Crippen LogP contribution in [0.5, 0.6) is 0 Å². The fraction of sp³-hybridized carbons (Fsp3) is 0.400. The summed E-state index contributed by atoms with van der Waals surface area (Å²) in [6.45, 7) is 0.209. The SMILES string of the molecule is NCCC(=O)N[C@@H](Cc1ccc[nH]1)C(=O)O. The highest BCUT2D eigenvalue weighted by Gasteiger charge is 2.20. The molecule has 0 aliphatic rings. The second-order valence-corrected chi connectivity index (χ2v) is 3.40. The van der Waals surface area contributed by atoms with Gasteiger partial charge >= 0.3 is 5.97 Å². The first-order chi connectivity index (χ1) is 7.63. The molecule has 1 rings (SSSR count). The van der Waals surface area contributed by atoms with Gasteiger partial charge in [-0.3, -0.25) is 4.79 Å². The molecule has 6 heteroatoms. The largest absolute Gasteiger partial charge is 0.480 e. The van der Waals surface area contributed by atoms with E-state index in [0.717, 1.165) is 5.69 Å². The molecule has 1 aromatic heterocycles.